The van der Waals surface area contributed by atoms with Gasteiger partial charge in [0.25, 0.3) is 11.8 Å². The third-order valence-corrected chi connectivity index (χ3v) is 5.91. The minimum atomic E-state index is -0.249. The van der Waals surface area contributed by atoms with Gasteiger partial charge in [-0.15, -0.1) is 0 Å². The molecule has 2 aliphatic heterocycles. The maximum Gasteiger partial charge on any atom is 0.277 e. The number of nitrogens with zero attached hydrogens (tertiary/aromatic N) is 3. The van der Waals surface area contributed by atoms with Gasteiger partial charge in [-0.2, -0.15) is 0 Å². The Hall–Kier alpha value is -2.58. The van der Waals surface area contributed by atoms with Gasteiger partial charge in [0, 0.05) is 39.3 Å². The molecule has 2 aliphatic rings. The molecule has 8 nitrogen and oxygen atoms in total. The first kappa shape index (κ1) is 23.1. The molecular formula is C23H33N3O5. The number of benzene rings is 1. The third kappa shape index (κ3) is 4.85. The van der Waals surface area contributed by atoms with E-state index in [1.54, 1.807) is 32.4 Å². The number of unbranched alkanes of at least 4 members (excludes halogenated alkanes) is 2. The summed E-state index contributed by atoms with van der Waals surface area (Å²) >= 11 is 0. The van der Waals surface area contributed by atoms with Crippen molar-refractivity contribution in [1.29, 1.82) is 0 Å². The lowest BCUT2D eigenvalue weighted by molar-refractivity contribution is -0.137. The molecular weight excluding hydrogens is 398 g/mol. The summed E-state index contributed by atoms with van der Waals surface area (Å²) in [5.41, 5.74) is 1.55. The number of carbonyl (C=O) groups excluding carboxylic acids is 2. The molecule has 0 spiro atoms. The number of rotatable bonds is 10. The number of hydrogen-bond donors (Lipinski definition) is 1. The van der Waals surface area contributed by atoms with Gasteiger partial charge >= 0.3 is 0 Å². The third-order valence-electron chi connectivity index (χ3n) is 5.91. The van der Waals surface area contributed by atoms with E-state index in [1.807, 2.05) is 4.90 Å². The van der Waals surface area contributed by atoms with Crippen LogP contribution in [0.1, 0.15) is 31.7 Å². The maximum atomic E-state index is 13.4. The van der Waals surface area contributed by atoms with Crippen LogP contribution < -0.4 is 9.47 Å². The number of aliphatic hydroxyl groups excluding tert-OH is 1. The summed E-state index contributed by atoms with van der Waals surface area (Å²) in [4.78, 5) is 32.3. The molecule has 1 N–H and O–H groups in total. The summed E-state index contributed by atoms with van der Waals surface area (Å²) in [7, 11) is 3.11. The van der Waals surface area contributed by atoms with Crippen LogP contribution in [-0.4, -0.2) is 91.7 Å². The fourth-order valence-corrected chi connectivity index (χ4v) is 4.17. The molecule has 0 saturated carbocycles. The van der Waals surface area contributed by atoms with Crippen molar-refractivity contribution in [1.82, 2.24) is 14.7 Å². The van der Waals surface area contributed by atoms with Crippen LogP contribution in [0.25, 0.3) is 5.57 Å². The van der Waals surface area contributed by atoms with Gasteiger partial charge in [-0.3, -0.25) is 19.4 Å². The number of hydrogen-bond acceptors (Lipinski definition) is 7. The van der Waals surface area contributed by atoms with E-state index in [9.17, 15) is 14.7 Å². The van der Waals surface area contributed by atoms with E-state index in [4.69, 9.17) is 9.47 Å². The minimum Gasteiger partial charge on any atom is -0.493 e. The largest absolute Gasteiger partial charge is 0.493 e. The molecule has 2 heterocycles. The molecule has 0 unspecified atom stereocenters. The van der Waals surface area contributed by atoms with Crippen LogP contribution in [0, 0.1) is 0 Å². The second-order valence-electron chi connectivity index (χ2n) is 7.81. The van der Waals surface area contributed by atoms with Gasteiger partial charge in [-0.05, 0) is 24.1 Å². The average molecular weight is 432 g/mol. The highest BCUT2D eigenvalue weighted by molar-refractivity contribution is 6.35. The fraction of sp³-hybridized carbons (Fsp3) is 0.565. The Morgan fingerprint density at radius 2 is 1.65 bits per heavy atom. The standard InChI is InChI=1S/C23H33N3O5/c1-4-5-6-9-26-22(28)20(17-7-8-18(30-2)19(16-17)31-3)21(23(26)29)25-12-10-24(11-13-25)14-15-27/h7-8,16,27H,4-6,9-15H2,1-3H3. The highest BCUT2D eigenvalue weighted by Crippen LogP contribution is 2.36. The van der Waals surface area contributed by atoms with Crippen LogP contribution in [0.4, 0.5) is 0 Å². The second kappa shape index (κ2) is 10.6. The lowest BCUT2D eigenvalue weighted by Crippen LogP contribution is -2.48. The van der Waals surface area contributed by atoms with E-state index in [-0.39, 0.29) is 18.4 Å². The number of amides is 2. The Balaban J connectivity index is 1.96. The summed E-state index contributed by atoms with van der Waals surface area (Å²) in [6.07, 6.45) is 2.79. The maximum absolute atomic E-state index is 13.4. The highest BCUT2D eigenvalue weighted by Gasteiger charge is 2.42. The number of β-amino-alcohol motifs (C(OH)–C–C–N with tert-alkyl or cyclic N) is 1. The Morgan fingerprint density at radius 1 is 0.935 bits per heavy atom. The van der Waals surface area contributed by atoms with Crippen molar-refractivity contribution in [2.45, 2.75) is 26.2 Å². The summed E-state index contributed by atoms with van der Waals surface area (Å²) in [6.45, 7) is 5.99. The lowest BCUT2D eigenvalue weighted by Gasteiger charge is -2.36. The molecule has 1 fully saturated rings. The summed E-state index contributed by atoms with van der Waals surface area (Å²) in [5, 5.41) is 9.20. The predicted octanol–water partition coefficient (Wildman–Crippen LogP) is 1.58. The normalized spacial score (nSPS) is 17.7. The van der Waals surface area contributed by atoms with Crippen molar-refractivity contribution in [3.8, 4) is 11.5 Å². The number of piperazine rings is 1. The number of methoxy groups -OCH3 is 2. The molecule has 0 radical (unpaired) electrons. The molecule has 1 saturated heterocycles. The van der Waals surface area contributed by atoms with Crippen LogP contribution in [0.2, 0.25) is 0 Å². The van der Waals surface area contributed by atoms with Crippen LogP contribution in [-0.2, 0) is 9.59 Å². The smallest absolute Gasteiger partial charge is 0.277 e. The molecule has 1 aromatic rings. The highest BCUT2D eigenvalue weighted by atomic mass is 16.5. The molecule has 0 bridgehead atoms. The van der Waals surface area contributed by atoms with E-state index < -0.39 is 0 Å². The summed E-state index contributed by atoms with van der Waals surface area (Å²) in [6, 6.07) is 5.33. The second-order valence-corrected chi connectivity index (χ2v) is 7.81. The van der Waals surface area contributed by atoms with Crippen LogP contribution >= 0.6 is 0 Å². The SMILES string of the molecule is CCCCCN1C(=O)C(c2ccc(OC)c(OC)c2)=C(N2CCN(CCO)CC2)C1=O. The van der Waals surface area contributed by atoms with Gasteiger partial charge < -0.3 is 19.5 Å². The first-order valence-electron chi connectivity index (χ1n) is 11.0. The zero-order valence-electron chi connectivity index (χ0n) is 18.7. The first-order chi connectivity index (χ1) is 15.0. The molecule has 31 heavy (non-hydrogen) atoms. The van der Waals surface area contributed by atoms with E-state index in [0.717, 1.165) is 32.4 Å². The molecule has 2 amide bonds. The van der Waals surface area contributed by atoms with Gasteiger partial charge in [0.1, 0.15) is 5.70 Å². The molecule has 0 aliphatic carbocycles. The Bertz CT molecular complexity index is 831. The van der Waals surface area contributed by atoms with Crippen molar-refractivity contribution >= 4 is 17.4 Å². The quantitative estimate of drug-likeness (QED) is 0.445. The van der Waals surface area contributed by atoms with Gasteiger partial charge in [0.2, 0.25) is 0 Å². The van der Waals surface area contributed by atoms with Gasteiger partial charge in [-0.25, -0.2) is 0 Å². The van der Waals surface area contributed by atoms with E-state index in [0.29, 0.717) is 54.5 Å². The summed E-state index contributed by atoms with van der Waals surface area (Å²) < 4.78 is 10.8. The van der Waals surface area contributed by atoms with Crippen LogP contribution in [0.3, 0.4) is 0 Å². The summed E-state index contributed by atoms with van der Waals surface area (Å²) in [5.74, 6) is 0.620. The van der Waals surface area contributed by atoms with Crippen molar-refractivity contribution in [2.24, 2.45) is 0 Å². The number of carbonyl (C=O) groups is 2. The molecule has 170 valence electrons. The van der Waals surface area contributed by atoms with Crippen LogP contribution in [0.5, 0.6) is 11.5 Å². The molecule has 1 aromatic carbocycles. The Kier molecular flexibility index (Phi) is 7.92. The number of ether oxygens (including phenoxy) is 2. The zero-order chi connectivity index (χ0) is 22.4. The van der Waals surface area contributed by atoms with Crippen molar-refractivity contribution < 1.29 is 24.2 Å². The molecule has 3 rings (SSSR count). The van der Waals surface area contributed by atoms with Crippen molar-refractivity contribution in [3.63, 3.8) is 0 Å². The van der Waals surface area contributed by atoms with Gasteiger partial charge in [0.05, 0.1) is 26.4 Å². The van der Waals surface area contributed by atoms with E-state index >= 15 is 0 Å². The van der Waals surface area contributed by atoms with Gasteiger partial charge in [0.15, 0.2) is 11.5 Å². The topological polar surface area (TPSA) is 82.6 Å². The Labute approximate surface area is 184 Å². The van der Waals surface area contributed by atoms with Crippen molar-refractivity contribution in [2.75, 3.05) is 60.1 Å². The van der Waals surface area contributed by atoms with Crippen molar-refractivity contribution in [3.05, 3.63) is 29.5 Å². The van der Waals surface area contributed by atoms with Crippen LogP contribution in [0.15, 0.2) is 23.9 Å². The Morgan fingerprint density at radius 3 is 2.26 bits per heavy atom. The molecule has 8 heteroatoms. The van der Waals surface area contributed by atoms with Gasteiger partial charge in [-0.1, -0.05) is 25.8 Å². The average Bonchev–Trinajstić information content (AvgIpc) is 3.04. The first-order valence-corrected chi connectivity index (χ1v) is 11.0. The monoisotopic (exact) mass is 431 g/mol. The lowest BCUT2D eigenvalue weighted by atomic mass is 10.0. The number of aliphatic hydroxyl groups is 1. The minimum absolute atomic E-state index is 0.113. The van der Waals surface area contributed by atoms with E-state index in [1.165, 1.54) is 4.90 Å². The number of imide groups is 1. The predicted molar refractivity (Wildman–Crippen MR) is 118 cm³/mol. The zero-order valence-corrected chi connectivity index (χ0v) is 18.7. The fourth-order valence-electron chi connectivity index (χ4n) is 4.17. The van der Waals surface area contributed by atoms with E-state index in [2.05, 4.69) is 11.8 Å². The molecule has 0 aromatic heterocycles. The molecule has 0 atom stereocenters.